The summed E-state index contributed by atoms with van der Waals surface area (Å²) in [4.78, 5) is 4.00. The molecule has 0 radical (unpaired) electrons. The van der Waals surface area contributed by atoms with Gasteiger partial charge in [0.2, 0.25) is 0 Å². The lowest BCUT2D eigenvalue weighted by Gasteiger charge is -2.05. The first-order chi connectivity index (χ1) is 6.59. The van der Waals surface area contributed by atoms with E-state index in [1.807, 2.05) is 10.8 Å². The summed E-state index contributed by atoms with van der Waals surface area (Å²) in [6.45, 7) is 5.71. The van der Waals surface area contributed by atoms with Crippen LogP contribution in [0.25, 0.3) is 0 Å². The van der Waals surface area contributed by atoms with E-state index in [-0.39, 0.29) is 0 Å². The van der Waals surface area contributed by atoms with Crippen molar-refractivity contribution < 1.29 is 0 Å². The third-order valence-electron chi connectivity index (χ3n) is 3.42. The Bertz CT molecular complexity index is 314. The van der Waals surface area contributed by atoms with Gasteiger partial charge in [-0.15, -0.1) is 0 Å². The third kappa shape index (κ3) is 1.91. The standard InChI is InChI=1S/C11H19N3/c1-11(2)8-9(11)4-3-6-14-7-5-13-10(14)12/h5,7,9H,3-4,6,8H2,1-2H3,(H2,12,13). The largest absolute Gasteiger partial charge is 0.369 e. The number of rotatable bonds is 4. The number of nitrogen functional groups attached to an aromatic ring is 1. The fourth-order valence-corrected chi connectivity index (χ4v) is 2.11. The molecule has 1 aromatic heterocycles. The molecule has 14 heavy (non-hydrogen) atoms. The van der Waals surface area contributed by atoms with Crippen LogP contribution >= 0.6 is 0 Å². The second kappa shape index (κ2) is 3.30. The molecule has 3 nitrogen and oxygen atoms in total. The minimum Gasteiger partial charge on any atom is -0.369 e. The number of nitrogens with zero attached hydrogens (tertiary/aromatic N) is 2. The van der Waals surface area contributed by atoms with Crippen molar-refractivity contribution in [3.05, 3.63) is 12.4 Å². The number of hydrogen-bond acceptors (Lipinski definition) is 2. The van der Waals surface area contributed by atoms with Crippen molar-refractivity contribution in [3.63, 3.8) is 0 Å². The number of nitrogens with two attached hydrogens (primary N) is 1. The molecule has 0 saturated heterocycles. The van der Waals surface area contributed by atoms with Crippen molar-refractivity contribution in [2.24, 2.45) is 11.3 Å². The quantitative estimate of drug-likeness (QED) is 0.797. The monoisotopic (exact) mass is 193 g/mol. The molecule has 1 unspecified atom stereocenters. The molecular formula is C11H19N3. The van der Waals surface area contributed by atoms with Crippen LogP contribution in [0.15, 0.2) is 12.4 Å². The highest BCUT2D eigenvalue weighted by molar-refractivity contribution is 5.16. The normalized spacial score (nSPS) is 23.7. The smallest absolute Gasteiger partial charge is 0.200 e. The van der Waals surface area contributed by atoms with Crippen LogP contribution in [0.2, 0.25) is 0 Å². The fourth-order valence-electron chi connectivity index (χ4n) is 2.11. The van der Waals surface area contributed by atoms with Crippen molar-refractivity contribution >= 4 is 5.95 Å². The zero-order valence-electron chi connectivity index (χ0n) is 9.03. The maximum absolute atomic E-state index is 5.68. The predicted octanol–water partition coefficient (Wildman–Crippen LogP) is 2.29. The molecule has 0 aliphatic heterocycles. The van der Waals surface area contributed by atoms with Crippen molar-refractivity contribution in [1.82, 2.24) is 9.55 Å². The Labute approximate surface area is 85.3 Å². The summed E-state index contributed by atoms with van der Waals surface area (Å²) in [5.74, 6) is 1.58. The first kappa shape index (κ1) is 9.56. The average molecular weight is 193 g/mol. The van der Waals surface area contributed by atoms with Crippen molar-refractivity contribution in [2.75, 3.05) is 5.73 Å². The van der Waals surface area contributed by atoms with Crippen LogP contribution in [0, 0.1) is 11.3 Å². The molecule has 1 aromatic rings. The van der Waals surface area contributed by atoms with Crippen LogP contribution < -0.4 is 5.73 Å². The van der Waals surface area contributed by atoms with Gasteiger partial charge < -0.3 is 10.3 Å². The molecule has 1 aliphatic rings. The Morgan fingerprint density at radius 1 is 1.64 bits per heavy atom. The Balaban J connectivity index is 1.72. The van der Waals surface area contributed by atoms with E-state index in [4.69, 9.17) is 5.73 Å². The van der Waals surface area contributed by atoms with E-state index < -0.39 is 0 Å². The Hall–Kier alpha value is -0.990. The number of hydrogen-bond donors (Lipinski definition) is 1. The maximum atomic E-state index is 5.68. The van der Waals surface area contributed by atoms with Crippen LogP contribution in [-0.2, 0) is 6.54 Å². The summed E-state index contributed by atoms with van der Waals surface area (Å²) in [5.41, 5.74) is 6.29. The highest BCUT2D eigenvalue weighted by atomic mass is 15.1. The van der Waals surface area contributed by atoms with Crippen LogP contribution in [0.5, 0.6) is 0 Å². The van der Waals surface area contributed by atoms with Gasteiger partial charge >= 0.3 is 0 Å². The van der Waals surface area contributed by atoms with E-state index in [0.717, 1.165) is 12.5 Å². The third-order valence-corrected chi connectivity index (χ3v) is 3.42. The molecule has 1 atom stereocenters. The van der Waals surface area contributed by atoms with Crippen molar-refractivity contribution in [2.45, 2.75) is 39.7 Å². The predicted molar refractivity (Wildman–Crippen MR) is 57.8 cm³/mol. The van der Waals surface area contributed by atoms with Gasteiger partial charge in [-0.3, -0.25) is 0 Å². The summed E-state index contributed by atoms with van der Waals surface area (Å²) in [7, 11) is 0. The fraction of sp³-hybridized carbons (Fsp3) is 0.727. The molecule has 1 aliphatic carbocycles. The highest BCUT2D eigenvalue weighted by Gasteiger charge is 2.44. The molecule has 0 aromatic carbocycles. The van der Waals surface area contributed by atoms with Gasteiger partial charge in [0.15, 0.2) is 5.95 Å². The summed E-state index contributed by atoms with van der Waals surface area (Å²) < 4.78 is 2.02. The molecule has 78 valence electrons. The van der Waals surface area contributed by atoms with E-state index in [9.17, 15) is 0 Å². The minimum absolute atomic E-state index is 0.612. The van der Waals surface area contributed by atoms with Gasteiger partial charge in [-0.1, -0.05) is 13.8 Å². The number of imidazole rings is 1. The first-order valence-electron chi connectivity index (χ1n) is 5.36. The van der Waals surface area contributed by atoms with E-state index in [0.29, 0.717) is 11.4 Å². The van der Waals surface area contributed by atoms with Crippen LogP contribution in [0.4, 0.5) is 5.95 Å². The summed E-state index contributed by atoms with van der Waals surface area (Å²) in [6.07, 6.45) is 7.65. The molecular weight excluding hydrogens is 174 g/mol. The second-order valence-corrected chi connectivity index (χ2v) is 5.01. The van der Waals surface area contributed by atoms with Gasteiger partial charge in [-0.05, 0) is 30.6 Å². The zero-order valence-corrected chi connectivity index (χ0v) is 9.03. The van der Waals surface area contributed by atoms with E-state index in [1.54, 1.807) is 6.20 Å². The molecule has 1 heterocycles. The van der Waals surface area contributed by atoms with Crippen molar-refractivity contribution in [1.29, 1.82) is 0 Å². The molecule has 0 amide bonds. The Morgan fingerprint density at radius 3 is 2.86 bits per heavy atom. The molecule has 0 bridgehead atoms. The van der Waals surface area contributed by atoms with Crippen LogP contribution in [-0.4, -0.2) is 9.55 Å². The molecule has 3 heteroatoms. The van der Waals surface area contributed by atoms with Crippen molar-refractivity contribution in [3.8, 4) is 0 Å². The number of aromatic nitrogens is 2. The number of aryl methyl sites for hydroxylation is 1. The zero-order chi connectivity index (χ0) is 10.2. The van der Waals surface area contributed by atoms with Gasteiger partial charge in [0.05, 0.1) is 0 Å². The van der Waals surface area contributed by atoms with E-state index in [2.05, 4.69) is 18.8 Å². The Morgan fingerprint density at radius 2 is 2.36 bits per heavy atom. The van der Waals surface area contributed by atoms with Crippen LogP contribution in [0.3, 0.4) is 0 Å². The highest BCUT2D eigenvalue weighted by Crippen LogP contribution is 2.54. The molecule has 0 spiro atoms. The molecule has 2 N–H and O–H groups in total. The topological polar surface area (TPSA) is 43.8 Å². The van der Waals surface area contributed by atoms with E-state index >= 15 is 0 Å². The van der Waals surface area contributed by atoms with Gasteiger partial charge in [0, 0.05) is 18.9 Å². The van der Waals surface area contributed by atoms with Gasteiger partial charge in [-0.2, -0.15) is 0 Å². The second-order valence-electron chi connectivity index (χ2n) is 5.01. The lowest BCUT2D eigenvalue weighted by molar-refractivity contribution is 0.496. The van der Waals surface area contributed by atoms with Gasteiger partial charge in [0.1, 0.15) is 0 Å². The average Bonchev–Trinajstić information content (AvgIpc) is 2.53. The maximum Gasteiger partial charge on any atom is 0.200 e. The molecule has 1 saturated carbocycles. The number of anilines is 1. The molecule has 1 fully saturated rings. The van der Waals surface area contributed by atoms with Gasteiger partial charge in [-0.25, -0.2) is 4.98 Å². The SMILES string of the molecule is CC1(C)CC1CCCn1ccnc1N. The summed E-state index contributed by atoms with van der Waals surface area (Å²) in [6, 6.07) is 0. The van der Waals surface area contributed by atoms with Gasteiger partial charge in [0.25, 0.3) is 0 Å². The molecule has 2 rings (SSSR count). The van der Waals surface area contributed by atoms with E-state index in [1.165, 1.54) is 19.3 Å². The first-order valence-corrected chi connectivity index (χ1v) is 5.36. The van der Waals surface area contributed by atoms with Crippen LogP contribution in [0.1, 0.15) is 33.1 Å². The lowest BCUT2D eigenvalue weighted by atomic mass is 10.1. The Kier molecular flexibility index (Phi) is 2.25. The summed E-state index contributed by atoms with van der Waals surface area (Å²) in [5, 5.41) is 0. The minimum atomic E-state index is 0.612. The lowest BCUT2D eigenvalue weighted by Crippen LogP contribution is -2.03. The summed E-state index contributed by atoms with van der Waals surface area (Å²) >= 11 is 0.